The molecule has 0 unspecified atom stereocenters. The van der Waals surface area contributed by atoms with Crippen LogP contribution in [-0.2, 0) is 12.8 Å². The minimum atomic E-state index is 0.194. The van der Waals surface area contributed by atoms with E-state index in [9.17, 15) is 5.11 Å². The van der Waals surface area contributed by atoms with Crippen LogP contribution in [0.2, 0.25) is 0 Å². The predicted octanol–water partition coefficient (Wildman–Crippen LogP) is 4.48. The summed E-state index contributed by atoms with van der Waals surface area (Å²) >= 11 is 0. The van der Waals surface area contributed by atoms with E-state index in [0.29, 0.717) is 17.6 Å². The van der Waals surface area contributed by atoms with Gasteiger partial charge in [-0.1, -0.05) is 26.0 Å². The second-order valence-electron chi connectivity index (χ2n) is 6.56. The van der Waals surface area contributed by atoms with E-state index < -0.39 is 0 Å². The van der Waals surface area contributed by atoms with E-state index in [4.69, 9.17) is 14.2 Å². The zero-order chi connectivity index (χ0) is 18.4. The van der Waals surface area contributed by atoms with Crippen molar-refractivity contribution in [3.05, 3.63) is 47.5 Å². The van der Waals surface area contributed by atoms with Crippen LogP contribution in [0.1, 0.15) is 25.0 Å². The number of ether oxygens (including phenoxy) is 3. The van der Waals surface area contributed by atoms with Crippen molar-refractivity contribution in [1.82, 2.24) is 0 Å². The lowest BCUT2D eigenvalue weighted by Gasteiger charge is -2.21. The van der Waals surface area contributed by atoms with Gasteiger partial charge >= 0.3 is 0 Å². The molecule has 0 amide bonds. The first-order valence-electron chi connectivity index (χ1n) is 8.55. The van der Waals surface area contributed by atoms with Crippen molar-refractivity contribution >= 4 is 0 Å². The number of aromatic hydroxyl groups is 1. The quantitative estimate of drug-likeness (QED) is 0.767. The molecule has 2 rings (SSSR count). The SMILES string of the molecule is COc1ccc(C[C@H](C)[C@H](C)Cc2ccc(OC)c(OC)c2)cc1O. The Labute approximate surface area is 150 Å². The first-order chi connectivity index (χ1) is 12.0. The van der Waals surface area contributed by atoms with Gasteiger partial charge in [0, 0.05) is 0 Å². The smallest absolute Gasteiger partial charge is 0.160 e. The average molecular weight is 344 g/mol. The lowest BCUT2D eigenvalue weighted by molar-refractivity contribution is 0.352. The molecule has 0 fully saturated rings. The van der Waals surface area contributed by atoms with Crippen LogP contribution in [0.5, 0.6) is 23.0 Å². The second-order valence-corrected chi connectivity index (χ2v) is 6.56. The molecular weight excluding hydrogens is 316 g/mol. The Kier molecular flexibility index (Phi) is 6.57. The molecule has 1 N–H and O–H groups in total. The third kappa shape index (κ3) is 4.81. The highest BCUT2D eigenvalue weighted by atomic mass is 16.5. The Hall–Kier alpha value is -2.36. The Bertz CT molecular complexity index is 696. The number of rotatable bonds is 8. The highest BCUT2D eigenvalue weighted by Gasteiger charge is 2.16. The summed E-state index contributed by atoms with van der Waals surface area (Å²) in [5, 5.41) is 9.93. The summed E-state index contributed by atoms with van der Waals surface area (Å²) in [6.07, 6.45) is 1.87. The summed E-state index contributed by atoms with van der Waals surface area (Å²) in [7, 11) is 4.86. The molecule has 0 aliphatic carbocycles. The first-order valence-corrected chi connectivity index (χ1v) is 8.55. The van der Waals surface area contributed by atoms with Crippen LogP contribution in [-0.4, -0.2) is 26.4 Å². The van der Waals surface area contributed by atoms with E-state index in [1.807, 2.05) is 24.3 Å². The largest absolute Gasteiger partial charge is 0.504 e. The third-order valence-corrected chi connectivity index (χ3v) is 4.78. The van der Waals surface area contributed by atoms with Gasteiger partial charge < -0.3 is 19.3 Å². The van der Waals surface area contributed by atoms with E-state index in [2.05, 4.69) is 19.9 Å². The van der Waals surface area contributed by atoms with Gasteiger partial charge in [-0.2, -0.15) is 0 Å². The van der Waals surface area contributed by atoms with E-state index in [1.54, 1.807) is 27.4 Å². The first kappa shape index (κ1) is 19.0. The van der Waals surface area contributed by atoms with Gasteiger partial charge in [0.2, 0.25) is 0 Å². The molecule has 0 saturated heterocycles. The van der Waals surface area contributed by atoms with Gasteiger partial charge in [-0.3, -0.25) is 0 Å². The maximum absolute atomic E-state index is 9.93. The van der Waals surface area contributed by atoms with Gasteiger partial charge in [0.1, 0.15) is 0 Å². The van der Waals surface area contributed by atoms with Crippen LogP contribution >= 0.6 is 0 Å². The highest BCUT2D eigenvalue weighted by Crippen LogP contribution is 2.31. The van der Waals surface area contributed by atoms with Gasteiger partial charge in [-0.15, -0.1) is 0 Å². The van der Waals surface area contributed by atoms with E-state index in [1.165, 1.54) is 5.56 Å². The zero-order valence-electron chi connectivity index (χ0n) is 15.7. The number of hydrogen-bond acceptors (Lipinski definition) is 4. The summed E-state index contributed by atoms with van der Waals surface area (Å²) in [5.74, 6) is 3.18. The molecule has 0 radical (unpaired) electrons. The number of benzene rings is 2. The van der Waals surface area contributed by atoms with Gasteiger partial charge in [-0.25, -0.2) is 0 Å². The molecule has 2 atom stereocenters. The topological polar surface area (TPSA) is 47.9 Å². The Morgan fingerprint density at radius 1 is 0.720 bits per heavy atom. The Morgan fingerprint density at radius 3 is 1.68 bits per heavy atom. The summed E-state index contributed by atoms with van der Waals surface area (Å²) in [4.78, 5) is 0. The fourth-order valence-corrected chi connectivity index (χ4v) is 3.02. The van der Waals surface area contributed by atoms with Crippen LogP contribution in [0.15, 0.2) is 36.4 Å². The molecule has 0 aliphatic rings. The molecule has 0 aromatic heterocycles. The zero-order valence-corrected chi connectivity index (χ0v) is 15.7. The molecule has 4 nitrogen and oxygen atoms in total. The molecule has 0 aliphatic heterocycles. The van der Waals surface area contributed by atoms with Crippen molar-refractivity contribution < 1.29 is 19.3 Å². The van der Waals surface area contributed by atoms with Gasteiger partial charge in [0.05, 0.1) is 21.3 Å². The normalized spacial score (nSPS) is 13.2. The minimum absolute atomic E-state index is 0.194. The van der Waals surface area contributed by atoms with Crippen LogP contribution in [0.4, 0.5) is 0 Å². The molecule has 2 aromatic rings. The molecular formula is C21H28O4. The summed E-state index contributed by atoms with van der Waals surface area (Å²) in [6, 6.07) is 11.7. The standard InChI is InChI=1S/C21H28O4/c1-14(10-16-6-8-19(23-3)18(22)12-16)15(2)11-17-7-9-20(24-4)21(13-17)25-5/h6-9,12-15,22H,10-11H2,1-5H3/t14-,15+/m0/s1. The van der Waals surface area contributed by atoms with Crippen LogP contribution in [0.25, 0.3) is 0 Å². The Balaban J connectivity index is 2.02. The highest BCUT2D eigenvalue weighted by molar-refractivity contribution is 5.43. The fraction of sp³-hybridized carbons (Fsp3) is 0.429. The van der Waals surface area contributed by atoms with Crippen molar-refractivity contribution in [2.45, 2.75) is 26.7 Å². The lowest BCUT2D eigenvalue weighted by Crippen LogP contribution is -2.13. The maximum atomic E-state index is 9.93. The molecule has 0 bridgehead atoms. The van der Waals surface area contributed by atoms with Crippen molar-refractivity contribution in [3.8, 4) is 23.0 Å². The number of phenolic OH excluding ortho intramolecular Hbond substituents is 1. The van der Waals surface area contributed by atoms with E-state index >= 15 is 0 Å². The molecule has 0 heterocycles. The summed E-state index contributed by atoms with van der Waals surface area (Å²) < 4.78 is 15.8. The fourth-order valence-electron chi connectivity index (χ4n) is 3.02. The van der Waals surface area contributed by atoms with Crippen LogP contribution in [0.3, 0.4) is 0 Å². The van der Waals surface area contributed by atoms with E-state index in [-0.39, 0.29) is 5.75 Å². The molecule has 25 heavy (non-hydrogen) atoms. The van der Waals surface area contributed by atoms with Crippen molar-refractivity contribution in [2.75, 3.05) is 21.3 Å². The molecule has 0 saturated carbocycles. The summed E-state index contributed by atoms with van der Waals surface area (Å²) in [5.41, 5.74) is 2.35. The molecule has 0 spiro atoms. The van der Waals surface area contributed by atoms with Crippen molar-refractivity contribution in [2.24, 2.45) is 11.8 Å². The van der Waals surface area contributed by atoms with Crippen LogP contribution in [0, 0.1) is 11.8 Å². The van der Waals surface area contributed by atoms with Gasteiger partial charge in [0.25, 0.3) is 0 Å². The van der Waals surface area contributed by atoms with E-state index in [0.717, 1.165) is 29.9 Å². The number of hydrogen-bond donors (Lipinski definition) is 1. The van der Waals surface area contributed by atoms with Crippen molar-refractivity contribution in [1.29, 1.82) is 0 Å². The monoisotopic (exact) mass is 344 g/mol. The minimum Gasteiger partial charge on any atom is -0.504 e. The molecule has 2 aromatic carbocycles. The predicted molar refractivity (Wildman–Crippen MR) is 99.9 cm³/mol. The van der Waals surface area contributed by atoms with Gasteiger partial charge in [0.15, 0.2) is 23.0 Å². The molecule has 4 heteroatoms. The van der Waals surface area contributed by atoms with Gasteiger partial charge in [-0.05, 0) is 60.1 Å². The third-order valence-electron chi connectivity index (χ3n) is 4.78. The maximum Gasteiger partial charge on any atom is 0.160 e. The lowest BCUT2D eigenvalue weighted by atomic mass is 9.85. The second kappa shape index (κ2) is 8.65. The average Bonchev–Trinajstić information content (AvgIpc) is 2.61. The van der Waals surface area contributed by atoms with Crippen LogP contribution < -0.4 is 14.2 Å². The number of phenols is 1. The molecule has 136 valence electrons. The number of methoxy groups -OCH3 is 3. The Morgan fingerprint density at radius 2 is 1.20 bits per heavy atom. The van der Waals surface area contributed by atoms with Crippen molar-refractivity contribution in [3.63, 3.8) is 0 Å². The summed E-state index contributed by atoms with van der Waals surface area (Å²) in [6.45, 7) is 4.50.